The number of hydrogen-bond acceptors (Lipinski definition) is 3. The van der Waals surface area contributed by atoms with Crippen molar-refractivity contribution in [3.8, 4) is 11.1 Å². The minimum atomic E-state index is 0.0944. The fraction of sp³-hybridized carbons (Fsp3) is 0.522. The molecule has 0 saturated carbocycles. The van der Waals surface area contributed by atoms with Gasteiger partial charge in [0.05, 0.1) is 6.20 Å². The zero-order valence-electron chi connectivity index (χ0n) is 16.9. The van der Waals surface area contributed by atoms with E-state index in [1.165, 1.54) is 35.0 Å². The van der Waals surface area contributed by atoms with Gasteiger partial charge in [0.2, 0.25) is 0 Å². The molecule has 2 aliphatic heterocycles. The highest BCUT2D eigenvalue weighted by atomic mass is 16.5. The summed E-state index contributed by atoms with van der Waals surface area (Å²) in [5, 5.41) is 9.47. The van der Waals surface area contributed by atoms with E-state index in [0.717, 1.165) is 44.0 Å². The molecule has 28 heavy (non-hydrogen) atoms. The van der Waals surface area contributed by atoms with E-state index < -0.39 is 0 Å². The summed E-state index contributed by atoms with van der Waals surface area (Å²) >= 11 is 0. The molecule has 1 N–H and O–H groups in total. The largest absolute Gasteiger partial charge is 0.357 e. The summed E-state index contributed by atoms with van der Waals surface area (Å²) in [4.78, 5) is 0. The van der Waals surface area contributed by atoms with Gasteiger partial charge in [-0.3, -0.25) is 0 Å². The quantitative estimate of drug-likeness (QED) is 0.726. The maximum atomic E-state index is 5.87. The molecule has 0 radical (unpaired) electrons. The summed E-state index contributed by atoms with van der Waals surface area (Å²) in [5.74, 6) is 0.720. The van der Waals surface area contributed by atoms with Gasteiger partial charge in [-0.1, -0.05) is 6.07 Å². The van der Waals surface area contributed by atoms with E-state index in [0.29, 0.717) is 6.04 Å². The molecule has 2 saturated heterocycles. The average molecular weight is 379 g/mol. The third-order valence-electron chi connectivity index (χ3n) is 6.38. The highest BCUT2D eigenvalue weighted by Crippen LogP contribution is 2.30. The van der Waals surface area contributed by atoms with E-state index >= 15 is 0 Å². The number of benzene rings is 1. The highest BCUT2D eigenvalue weighted by Gasteiger charge is 2.22. The Bertz CT molecular complexity index is 966. The van der Waals surface area contributed by atoms with Crippen LogP contribution in [-0.4, -0.2) is 33.5 Å². The van der Waals surface area contributed by atoms with Crippen molar-refractivity contribution in [3.63, 3.8) is 0 Å². The maximum absolute atomic E-state index is 5.87. The minimum Gasteiger partial charge on any atom is -0.357 e. The standard InChI is InChI=1S/C23H30N4O/c1-16-9-18(12-24-16)14-26-17(2)10-20-11-19(6-7-22(20)26)21-13-25-27(15-21)23-5-3-4-8-28-23/h6-7,10-11,13,15-16,18,23-24H,3-5,8-9,12,14H2,1-2H3. The second-order valence-electron chi connectivity index (χ2n) is 8.61. The lowest BCUT2D eigenvalue weighted by Crippen LogP contribution is -2.18. The first kappa shape index (κ1) is 18.0. The van der Waals surface area contributed by atoms with Gasteiger partial charge < -0.3 is 14.6 Å². The zero-order chi connectivity index (χ0) is 19.1. The minimum absolute atomic E-state index is 0.0944. The maximum Gasteiger partial charge on any atom is 0.150 e. The smallest absolute Gasteiger partial charge is 0.150 e. The molecular weight excluding hydrogens is 348 g/mol. The molecule has 2 aliphatic rings. The van der Waals surface area contributed by atoms with Gasteiger partial charge in [-0.15, -0.1) is 0 Å². The lowest BCUT2D eigenvalue weighted by atomic mass is 10.1. The fourth-order valence-electron chi connectivity index (χ4n) is 4.84. The molecular formula is C23H30N4O. The summed E-state index contributed by atoms with van der Waals surface area (Å²) < 4.78 is 10.3. The topological polar surface area (TPSA) is 44.0 Å². The third kappa shape index (κ3) is 3.38. The first-order chi connectivity index (χ1) is 13.7. The molecule has 1 aromatic carbocycles. The van der Waals surface area contributed by atoms with Crippen molar-refractivity contribution in [1.82, 2.24) is 19.7 Å². The second-order valence-corrected chi connectivity index (χ2v) is 8.61. The van der Waals surface area contributed by atoms with Crippen LogP contribution in [0.2, 0.25) is 0 Å². The molecule has 4 heterocycles. The first-order valence-electron chi connectivity index (χ1n) is 10.7. The molecule has 5 nitrogen and oxygen atoms in total. The van der Waals surface area contributed by atoms with E-state index in [9.17, 15) is 0 Å². The molecule has 2 aromatic heterocycles. The predicted octanol–water partition coefficient (Wildman–Crippen LogP) is 4.51. The van der Waals surface area contributed by atoms with Crippen molar-refractivity contribution >= 4 is 10.9 Å². The lowest BCUT2D eigenvalue weighted by Gasteiger charge is -2.22. The van der Waals surface area contributed by atoms with Crippen LogP contribution < -0.4 is 5.32 Å². The van der Waals surface area contributed by atoms with Gasteiger partial charge in [0.1, 0.15) is 6.23 Å². The molecule has 3 atom stereocenters. The summed E-state index contributed by atoms with van der Waals surface area (Å²) in [5.41, 5.74) is 5.07. The average Bonchev–Trinajstić information content (AvgIpc) is 3.42. The number of hydrogen-bond donors (Lipinski definition) is 1. The SMILES string of the molecule is Cc1cc2cc(-c3cnn(C4CCCCO4)c3)ccc2n1CC1CNC(C)C1. The van der Waals surface area contributed by atoms with Gasteiger partial charge in [-0.25, -0.2) is 4.68 Å². The van der Waals surface area contributed by atoms with Crippen molar-refractivity contribution in [1.29, 1.82) is 0 Å². The fourth-order valence-corrected chi connectivity index (χ4v) is 4.84. The van der Waals surface area contributed by atoms with Crippen LogP contribution in [0.3, 0.4) is 0 Å². The number of aryl methyl sites for hydroxylation is 1. The van der Waals surface area contributed by atoms with Crippen LogP contribution in [0.5, 0.6) is 0 Å². The van der Waals surface area contributed by atoms with Crippen LogP contribution in [0, 0.1) is 12.8 Å². The Balaban J connectivity index is 1.40. The molecule has 0 aliphatic carbocycles. The Morgan fingerprint density at radius 2 is 2.14 bits per heavy atom. The van der Waals surface area contributed by atoms with Gasteiger partial charge in [0.15, 0.2) is 0 Å². The molecule has 0 bridgehead atoms. The van der Waals surface area contributed by atoms with Crippen molar-refractivity contribution in [2.75, 3.05) is 13.2 Å². The Labute approximate surface area is 166 Å². The molecule has 3 unspecified atom stereocenters. The molecule has 5 heteroatoms. The van der Waals surface area contributed by atoms with Gasteiger partial charge >= 0.3 is 0 Å². The number of rotatable bonds is 4. The molecule has 0 spiro atoms. The van der Waals surface area contributed by atoms with E-state index in [4.69, 9.17) is 4.74 Å². The monoisotopic (exact) mass is 378 g/mol. The molecule has 3 aromatic rings. The van der Waals surface area contributed by atoms with E-state index in [2.05, 4.69) is 59.3 Å². The van der Waals surface area contributed by atoms with Gasteiger partial charge in [-0.2, -0.15) is 5.10 Å². The van der Waals surface area contributed by atoms with E-state index in [-0.39, 0.29) is 6.23 Å². The van der Waals surface area contributed by atoms with Gasteiger partial charge in [0.25, 0.3) is 0 Å². The van der Waals surface area contributed by atoms with Crippen molar-refractivity contribution in [2.24, 2.45) is 5.92 Å². The lowest BCUT2D eigenvalue weighted by molar-refractivity contribution is -0.0394. The Kier molecular flexibility index (Phi) is 4.73. The number of nitrogens with zero attached hydrogens (tertiary/aromatic N) is 3. The van der Waals surface area contributed by atoms with Gasteiger partial charge in [-0.05, 0) is 75.8 Å². The number of aromatic nitrogens is 3. The number of nitrogens with one attached hydrogen (secondary N) is 1. The van der Waals surface area contributed by atoms with Crippen LogP contribution in [0.15, 0.2) is 36.7 Å². The van der Waals surface area contributed by atoms with Crippen molar-refractivity contribution < 1.29 is 4.74 Å². The molecule has 5 rings (SSSR count). The number of ether oxygens (including phenoxy) is 1. The van der Waals surface area contributed by atoms with E-state index in [1.807, 2.05) is 10.9 Å². The predicted molar refractivity (Wildman–Crippen MR) is 112 cm³/mol. The Hall–Kier alpha value is -2.11. The normalized spacial score (nSPS) is 25.6. The summed E-state index contributed by atoms with van der Waals surface area (Å²) in [6.07, 6.45) is 8.89. The summed E-state index contributed by atoms with van der Waals surface area (Å²) in [6, 6.07) is 9.77. The van der Waals surface area contributed by atoms with Crippen LogP contribution >= 0.6 is 0 Å². The Morgan fingerprint density at radius 1 is 1.21 bits per heavy atom. The zero-order valence-corrected chi connectivity index (χ0v) is 16.9. The summed E-state index contributed by atoms with van der Waals surface area (Å²) in [7, 11) is 0. The molecule has 0 amide bonds. The van der Waals surface area contributed by atoms with Crippen LogP contribution in [0.4, 0.5) is 0 Å². The van der Waals surface area contributed by atoms with Gasteiger partial charge in [0, 0.05) is 47.6 Å². The van der Waals surface area contributed by atoms with Crippen LogP contribution in [-0.2, 0) is 11.3 Å². The highest BCUT2D eigenvalue weighted by molar-refractivity contribution is 5.86. The van der Waals surface area contributed by atoms with Crippen molar-refractivity contribution in [2.45, 2.75) is 58.3 Å². The first-order valence-corrected chi connectivity index (χ1v) is 10.7. The second kappa shape index (κ2) is 7.37. The third-order valence-corrected chi connectivity index (χ3v) is 6.38. The van der Waals surface area contributed by atoms with Crippen LogP contribution in [0.25, 0.3) is 22.0 Å². The summed E-state index contributed by atoms with van der Waals surface area (Å²) in [6.45, 7) is 7.58. The van der Waals surface area contributed by atoms with Crippen LogP contribution in [0.1, 0.15) is 44.5 Å². The Morgan fingerprint density at radius 3 is 2.93 bits per heavy atom. The van der Waals surface area contributed by atoms with Crippen molar-refractivity contribution in [3.05, 3.63) is 42.4 Å². The number of fused-ring (bicyclic) bond motifs is 1. The van der Waals surface area contributed by atoms with E-state index in [1.54, 1.807) is 0 Å². The molecule has 148 valence electrons. The molecule has 2 fully saturated rings.